The fourth-order valence-electron chi connectivity index (χ4n) is 3.96. The molecule has 0 radical (unpaired) electrons. The third-order valence-electron chi connectivity index (χ3n) is 5.59. The summed E-state index contributed by atoms with van der Waals surface area (Å²) in [6.07, 6.45) is 5.30. The molecule has 26 heavy (non-hydrogen) atoms. The molecule has 4 nitrogen and oxygen atoms in total. The van der Waals surface area contributed by atoms with Gasteiger partial charge in [-0.2, -0.15) is 9.78 Å². The molecule has 0 spiro atoms. The Morgan fingerprint density at radius 2 is 1.88 bits per heavy atom. The van der Waals surface area contributed by atoms with Gasteiger partial charge in [0, 0.05) is 24.3 Å². The average Bonchev–Trinajstić information content (AvgIpc) is 2.98. The summed E-state index contributed by atoms with van der Waals surface area (Å²) in [7, 11) is 0. The molecule has 0 aliphatic carbocycles. The summed E-state index contributed by atoms with van der Waals surface area (Å²) in [6.45, 7) is 7.02. The van der Waals surface area contributed by atoms with Crippen molar-refractivity contribution in [3.05, 3.63) is 70.6 Å². The van der Waals surface area contributed by atoms with Crippen LogP contribution in [-0.4, -0.2) is 33.3 Å². The van der Waals surface area contributed by atoms with Crippen LogP contribution in [0.3, 0.4) is 0 Å². The van der Waals surface area contributed by atoms with Gasteiger partial charge in [0.2, 0.25) is 0 Å². The Balaban J connectivity index is 1.56. The normalized spacial score (nSPS) is 17.0. The smallest absolute Gasteiger partial charge is 0.271 e. The van der Waals surface area contributed by atoms with E-state index in [1.54, 1.807) is 12.3 Å². The highest BCUT2D eigenvalue weighted by Gasteiger charge is 2.30. The van der Waals surface area contributed by atoms with E-state index in [4.69, 9.17) is 0 Å². The Hall–Kier alpha value is -2.46. The monoisotopic (exact) mass is 347 g/mol. The van der Waals surface area contributed by atoms with Gasteiger partial charge in [0.1, 0.15) is 0 Å². The molecule has 134 valence electrons. The Morgan fingerprint density at radius 3 is 2.65 bits per heavy atom. The Bertz CT molecular complexity index is 990. The second kappa shape index (κ2) is 6.69. The van der Waals surface area contributed by atoms with Crippen LogP contribution in [0.15, 0.2) is 59.5 Å². The highest BCUT2D eigenvalue weighted by molar-refractivity contribution is 5.85. The van der Waals surface area contributed by atoms with E-state index in [9.17, 15) is 4.79 Å². The number of nitrogens with zero attached hydrogens (tertiary/aromatic N) is 3. The third kappa shape index (κ3) is 3.29. The number of hydrogen-bond donors (Lipinski definition) is 0. The van der Waals surface area contributed by atoms with Crippen molar-refractivity contribution in [2.75, 3.05) is 13.1 Å². The molecule has 2 heterocycles. The van der Waals surface area contributed by atoms with E-state index >= 15 is 0 Å². The summed E-state index contributed by atoms with van der Waals surface area (Å²) in [5.74, 6) is 0. The van der Waals surface area contributed by atoms with Gasteiger partial charge in [-0.15, -0.1) is 0 Å². The van der Waals surface area contributed by atoms with Crippen LogP contribution in [0.5, 0.6) is 0 Å². The fourth-order valence-corrected chi connectivity index (χ4v) is 3.96. The van der Waals surface area contributed by atoms with Crippen LogP contribution in [0.4, 0.5) is 0 Å². The van der Waals surface area contributed by atoms with Gasteiger partial charge in [-0.1, -0.05) is 24.3 Å². The maximum absolute atomic E-state index is 12.0. The summed E-state index contributed by atoms with van der Waals surface area (Å²) in [5.41, 5.74) is 2.39. The summed E-state index contributed by atoms with van der Waals surface area (Å²) in [6, 6.07) is 15.9. The van der Waals surface area contributed by atoms with Crippen molar-refractivity contribution in [3.8, 4) is 5.69 Å². The van der Waals surface area contributed by atoms with Crippen molar-refractivity contribution < 1.29 is 0 Å². The van der Waals surface area contributed by atoms with Crippen molar-refractivity contribution in [3.63, 3.8) is 0 Å². The van der Waals surface area contributed by atoms with Crippen molar-refractivity contribution in [2.24, 2.45) is 0 Å². The molecular formula is C22H25N3O. The Labute approximate surface area is 154 Å². The zero-order chi connectivity index (χ0) is 18.1. The molecule has 1 aliphatic rings. The lowest BCUT2D eigenvalue weighted by Crippen LogP contribution is -2.39. The van der Waals surface area contributed by atoms with Crippen LogP contribution in [0, 0.1) is 0 Å². The van der Waals surface area contributed by atoms with E-state index < -0.39 is 0 Å². The van der Waals surface area contributed by atoms with Crippen molar-refractivity contribution in [1.29, 1.82) is 0 Å². The molecule has 1 aromatic heterocycles. The summed E-state index contributed by atoms with van der Waals surface area (Å²) >= 11 is 0. The van der Waals surface area contributed by atoms with Crippen LogP contribution in [0.2, 0.25) is 0 Å². The molecular weight excluding hydrogens is 322 g/mol. The average molecular weight is 347 g/mol. The number of fused-ring (bicyclic) bond motifs is 1. The van der Waals surface area contributed by atoms with Crippen LogP contribution in [-0.2, 0) is 6.42 Å². The second-order valence-corrected chi connectivity index (χ2v) is 7.79. The predicted molar refractivity (Wildman–Crippen MR) is 106 cm³/mol. The molecule has 2 aromatic carbocycles. The molecule has 0 bridgehead atoms. The molecule has 0 amide bonds. The highest BCUT2D eigenvalue weighted by Crippen LogP contribution is 2.28. The van der Waals surface area contributed by atoms with Crippen molar-refractivity contribution in [1.82, 2.24) is 14.7 Å². The first-order valence-corrected chi connectivity index (χ1v) is 9.35. The van der Waals surface area contributed by atoms with Gasteiger partial charge in [0.25, 0.3) is 5.56 Å². The number of likely N-dealkylation sites (tertiary alicyclic amines) is 1. The number of rotatable bonds is 4. The summed E-state index contributed by atoms with van der Waals surface area (Å²) < 4.78 is 1.43. The fraction of sp³-hybridized carbons (Fsp3) is 0.364. The summed E-state index contributed by atoms with van der Waals surface area (Å²) in [5, 5.41) is 6.49. The van der Waals surface area contributed by atoms with Crippen LogP contribution >= 0.6 is 0 Å². The molecule has 4 rings (SSSR count). The van der Waals surface area contributed by atoms with Crippen LogP contribution in [0.1, 0.15) is 32.3 Å². The molecule has 1 saturated heterocycles. The van der Waals surface area contributed by atoms with E-state index in [-0.39, 0.29) is 5.56 Å². The van der Waals surface area contributed by atoms with E-state index in [0.717, 1.165) is 24.0 Å². The quantitative estimate of drug-likeness (QED) is 0.720. The maximum Gasteiger partial charge on any atom is 0.271 e. The first-order chi connectivity index (χ1) is 12.5. The zero-order valence-electron chi connectivity index (χ0n) is 15.5. The minimum Gasteiger partial charge on any atom is -0.298 e. The van der Waals surface area contributed by atoms with Crippen LogP contribution < -0.4 is 5.56 Å². The maximum atomic E-state index is 12.0. The minimum atomic E-state index is -0.114. The van der Waals surface area contributed by atoms with Gasteiger partial charge in [-0.25, -0.2) is 0 Å². The lowest BCUT2D eigenvalue weighted by atomic mass is 10.0. The lowest BCUT2D eigenvalue weighted by Gasteiger charge is -2.31. The van der Waals surface area contributed by atoms with Gasteiger partial charge in [0.05, 0.1) is 5.69 Å². The first-order valence-electron chi connectivity index (χ1n) is 9.35. The van der Waals surface area contributed by atoms with E-state index in [1.165, 1.54) is 41.1 Å². The highest BCUT2D eigenvalue weighted by atomic mass is 16.1. The minimum absolute atomic E-state index is 0.114. The van der Waals surface area contributed by atoms with Crippen molar-refractivity contribution in [2.45, 2.75) is 38.6 Å². The van der Waals surface area contributed by atoms with Gasteiger partial charge >= 0.3 is 0 Å². The lowest BCUT2D eigenvalue weighted by molar-refractivity contribution is 0.177. The predicted octanol–water partition coefficient (Wildman–Crippen LogP) is 3.80. The molecule has 1 aliphatic heterocycles. The largest absolute Gasteiger partial charge is 0.298 e. The van der Waals surface area contributed by atoms with Gasteiger partial charge < -0.3 is 0 Å². The van der Waals surface area contributed by atoms with E-state index in [0.29, 0.717) is 5.54 Å². The molecule has 4 heteroatoms. The molecule has 0 saturated carbocycles. The van der Waals surface area contributed by atoms with Gasteiger partial charge in [-0.05, 0) is 74.2 Å². The standard InChI is InChI=1S/C22H25N3O/c1-22(2)11-4-13-24(22)14-10-17-6-7-19-16-20(9-8-18(19)15-17)25-21(26)5-3-12-23-25/h3,5-9,12,15-16H,4,10-11,13-14H2,1-2H3. The summed E-state index contributed by atoms with van der Waals surface area (Å²) in [4.78, 5) is 14.6. The molecule has 0 N–H and O–H groups in total. The molecule has 0 unspecified atom stereocenters. The Morgan fingerprint density at radius 1 is 1.08 bits per heavy atom. The van der Waals surface area contributed by atoms with Gasteiger partial charge in [0.15, 0.2) is 0 Å². The second-order valence-electron chi connectivity index (χ2n) is 7.79. The molecule has 0 atom stereocenters. The number of benzene rings is 2. The zero-order valence-corrected chi connectivity index (χ0v) is 15.5. The number of aromatic nitrogens is 2. The topological polar surface area (TPSA) is 38.1 Å². The van der Waals surface area contributed by atoms with Crippen LogP contribution in [0.25, 0.3) is 16.5 Å². The first kappa shape index (κ1) is 17.0. The molecule has 3 aromatic rings. The molecule has 1 fully saturated rings. The van der Waals surface area contributed by atoms with E-state index in [2.05, 4.69) is 48.1 Å². The van der Waals surface area contributed by atoms with E-state index in [1.807, 2.05) is 12.1 Å². The Kier molecular flexibility index (Phi) is 4.37. The van der Waals surface area contributed by atoms with Gasteiger partial charge in [-0.3, -0.25) is 9.69 Å². The van der Waals surface area contributed by atoms with Crippen molar-refractivity contribution >= 4 is 10.8 Å². The number of hydrogen-bond acceptors (Lipinski definition) is 3. The SMILES string of the molecule is CC1(C)CCCN1CCc1ccc2cc(-n3ncccc3=O)ccc2c1. The third-order valence-corrected chi connectivity index (χ3v) is 5.59.